The van der Waals surface area contributed by atoms with Gasteiger partial charge in [-0.3, -0.25) is 0 Å². The number of benzene rings is 1. The van der Waals surface area contributed by atoms with E-state index in [1.165, 1.54) is 5.56 Å². The Balaban J connectivity index is 2.04. The Bertz CT molecular complexity index is 509. The molecule has 1 heterocycles. The lowest BCUT2D eigenvalue weighted by Crippen LogP contribution is -2.15. The Labute approximate surface area is 106 Å². The van der Waals surface area contributed by atoms with Crippen molar-refractivity contribution in [2.75, 3.05) is 7.11 Å². The maximum Gasteiger partial charge on any atom is 0.167 e. The van der Waals surface area contributed by atoms with Crippen LogP contribution in [0.5, 0.6) is 5.75 Å². The summed E-state index contributed by atoms with van der Waals surface area (Å²) in [5.74, 6) is 1.56. The van der Waals surface area contributed by atoms with Gasteiger partial charge in [-0.2, -0.15) is 0 Å². The molecule has 0 fully saturated rings. The third-order valence-electron chi connectivity index (χ3n) is 2.71. The smallest absolute Gasteiger partial charge is 0.167 e. The Morgan fingerprint density at radius 2 is 2.28 bits per heavy atom. The van der Waals surface area contributed by atoms with Crippen molar-refractivity contribution in [3.8, 4) is 5.75 Å². The molecule has 2 aromatic rings. The second kappa shape index (κ2) is 5.59. The van der Waals surface area contributed by atoms with Crippen molar-refractivity contribution in [2.45, 2.75) is 25.9 Å². The highest BCUT2D eigenvalue weighted by molar-refractivity contribution is 5.28. The van der Waals surface area contributed by atoms with E-state index in [4.69, 9.17) is 10.5 Å². The predicted molar refractivity (Wildman–Crippen MR) is 67.1 cm³/mol. The lowest BCUT2D eigenvalue weighted by Gasteiger charge is -2.07. The van der Waals surface area contributed by atoms with E-state index in [-0.39, 0.29) is 6.04 Å². The number of nitrogens with two attached hydrogens (primary N) is 1. The van der Waals surface area contributed by atoms with E-state index in [1.54, 1.807) is 11.8 Å². The molecule has 1 unspecified atom stereocenters. The van der Waals surface area contributed by atoms with Crippen LogP contribution in [-0.2, 0) is 13.0 Å². The van der Waals surface area contributed by atoms with Gasteiger partial charge in [-0.25, -0.2) is 4.68 Å². The molecule has 96 valence electrons. The average Bonchev–Trinajstić information content (AvgIpc) is 2.85. The summed E-state index contributed by atoms with van der Waals surface area (Å²) in [4.78, 5) is 0. The topological polar surface area (TPSA) is 78.8 Å². The Kier molecular flexibility index (Phi) is 3.88. The van der Waals surface area contributed by atoms with Gasteiger partial charge in [0, 0.05) is 6.54 Å². The Morgan fingerprint density at radius 3 is 3.00 bits per heavy atom. The number of nitrogens with zero attached hydrogens (tertiary/aromatic N) is 4. The molecule has 0 aliphatic carbocycles. The van der Waals surface area contributed by atoms with E-state index in [0.29, 0.717) is 12.4 Å². The number of methoxy groups -OCH3 is 1. The van der Waals surface area contributed by atoms with Crippen LogP contribution in [0.15, 0.2) is 24.3 Å². The normalized spacial score (nSPS) is 12.4. The molecule has 0 aliphatic rings. The molecular weight excluding hydrogens is 230 g/mol. The number of rotatable bonds is 5. The molecule has 0 saturated carbocycles. The Hall–Kier alpha value is -1.95. The SMILES string of the molecule is COc1cccc(CCn2nnnc2C(C)N)c1. The van der Waals surface area contributed by atoms with Gasteiger partial charge in [-0.05, 0) is 41.5 Å². The Morgan fingerprint density at radius 1 is 1.44 bits per heavy atom. The highest BCUT2D eigenvalue weighted by Gasteiger charge is 2.10. The van der Waals surface area contributed by atoms with Gasteiger partial charge >= 0.3 is 0 Å². The lowest BCUT2D eigenvalue weighted by molar-refractivity contribution is 0.414. The molecule has 0 aliphatic heterocycles. The fraction of sp³-hybridized carbons (Fsp3) is 0.417. The van der Waals surface area contributed by atoms with Crippen molar-refractivity contribution in [1.29, 1.82) is 0 Å². The largest absolute Gasteiger partial charge is 0.497 e. The minimum absolute atomic E-state index is 0.162. The van der Waals surface area contributed by atoms with Gasteiger partial charge in [0.05, 0.1) is 13.2 Å². The van der Waals surface area contributed by atoms with Crippen LogP contribution in [-0.4, -0.2) is 27.3 Å². The molecular formula is C12H17N5O. The first kappa shape index (κ1) is 12.5. The van der Waals surface area contributed by atoms with Gasteiger partial charge in [0.15, 0.2) is 5.82 Å². The molecule has 0 saturated heterocycles. The average molecular weight is 247 g/mol. The summed E-state index contributed by atoms with van der Waals surface area (Å²) in [6.07, 6.45) is 0.835. The van der Waals surface area contributed by atoms with Crippen molar-refractivity contribution in [3.05, 3.63) is 35.7 Å². The zero-order valence-electron chi connectivity index (χ0n) is 10.6. The minimum Gasteiger partial charge on any atom is -0.497 e. The van der Waals surface area contributed by atoms with Gasteiger partial charge in [0.25, 0.3) is 0 Å². The minimum atomic E-state index is -0.162. The number of hydrogen-bond donors (Lipinski definition) is 1. The second-order valence-corrected chi connectivity index (χ2v) is 4.15. The lowest BCUT2D eigenvalue weighted by atomic mass is 10.1. The van der Waals surface area contributed by atoms with Crippen molar-refractivity contribution >= 4 is 0 Å². The summed E-state index contributed by atoms with van der Waals surface area (Å²) in [5.41, 5.74) is 6.97. The quantitative estimate of drug-likeness (QED) is 0.850. The maximum atomic E-state index is 5.79. The van der Waals surface area contributed by atoms with E-state index >= 15 is 0 Å². The number of tetrazole rings is 1. The second-order valence-electron chi connectivity index (χ2n) is 4.15. The van der Waals surface area contributed by atoms with Crippen molar-refractivity contribution < 1.29 is 4.74 Å². The van der Waals surface area contributed by atoms with Crippen LogP contribution in [0.2, 0.25) is 0 Å². The van der Waals surface area contributed by atoms with Crippen LogP contribution in [0.4, 0.5) is 0 Å². The summed E-state index contributed by atoms with van der Waals surface area (Å²) in [7, 11) is 1.66. The highest BCUT2D eigenvalue weighted by atomic mass is 16.5. The van der Waals surface area contributed by atoms with Crippen molar-refractivity contribution in [3.63, 3.8) is 0 Å². The molecule has 6 nitrogen and oxygen atoms in total. The number of aromatic nitrogens is 4. The molecule has 0 bridgehead atoms. The van der Waals surface area contributed by atoms with Gasteiger partial charge < -0.3 is 10.5 Å². The van der Waals surface area contributed by atoms with Crippen LogP contribution in [0, 0.1) is 0 Å². The number of ether oxygens (including phenoxy) is 1. The molecule has 0 radical (unpaired) electrons. The van der Waals surface area contributed by atoms with Crippen molar-refractivity contribution in [1.82, 2.24) is 20.2 Å². The zero-order chi connectivity index (χ0) is 13.0. The fourth-order valence-electron chi connectivity index (χ4n) is 1.76. The summed E-state index contributed by atoms with van der Waals surface area (Å²) >= 11 is 0. The first-order valence-corrected chi connectivity index (χ1v) is 5.85. The van der Waals surface area contributed by atoms with E-state index in [9.17, 15) is 0 Å². The molecule has 1 aromatic carbocycles. The van der Waals surface area contributed by atoms with E-state index in [2.05, 4.69) is 21.6 Å². The maximum absolute atomic E-state index is 5.79. The molecule has 0 spiro atoms. The fourth-order valence-corrected chi connectivity index (χ4v) is 1.76. The van der Waals surface area contributed by atoms with Crippen LogP contribution in [0.3, 0.4) is 0 Å². The standard InChI is InChI=1S/C12H17N5O/c1-9(13)12-14-15-16-17(12)7-6-10-4-3-5-11(8-10)18-2/h3-5,8-9H,6-7,13H2,1-2H3. The van der Waals surface area contributed by atoms with Gasteiger partial charge in [-0.1, -0.05) is 12.1 Å². The van der Waals surface area contributed by atoms with E-state index < -0.39 is 0 Å². The van der Waals surface area contributed by atoms with Crippen LogP contribution < -0.4 is 10.5 Å². The molecule has 18 heavy (non-hydrogen) atoms. The number of hydrogen-bond acceptors (Lipinski definition) is 5. The van der Waals surface area contributed by atoms with E-state index in [1.807, 2.05) is 25.1 Å². The molecule has 1 aromatic heterocycles. The van der Waals surface area contributed by atoms with Gasteiger partial charge in [0.1, 0.15) is 5.75 Å². The summed E-state index contributed by atoms with van der Waals surface area (Å²) in [6.45, 7) is 2.57. The van der Waals surface area contributed by atoms with Gasteiger partial charge in [0.2, 0.25) is 0 Å². The third kappa shape index (κ3) is 2.84. The predicted octanol–water partition coefficient (Wildman–Crippen LogP) is 0.944. The summed E-state index contributed by atoms with van der Waals surface area (Å²) < 4.78 is 6.93. The van der Waals surface area contributed by atoms with E-state index in [0.717, 1.165) is 12.2 Å². The first-order chi connectivity index (χ1) is 8.70. The van der Waals surface area contributed by atoms with Crippen LogP contribution in [0.1, 0.15) is 24.4 Å². The van der Waals surface area contributed by atoms with Crippen molar-refractivity contribution in [2.24, 2.45) is 5.73 Å². The molecule has 6 heteroatoms. The first-order valence-electron chi connectivity index (χ1n) is 5.85. The number of aryl methyl sites for hydroxylation is 2. The van der Waals surface area contributed by atoms with Gasteiger partial charge in [-0.15, -0.1) is 5.10 Å². The highest BCUT2D eigenvalue weighted by Crippen LogP contribution is 2.14. The third-order valence-corrected chi connectivity index (χ3v) is 2.71. The monoisotopic (exact) mass is 247 g/mol. The molecule has 2 N–H and O–H groups in total. The molecule has 1 atom stereocenters. The summed E-state index contributed by atoms with van der Waals surface area (Å²) in [6, 6.07) is 7.80. The summed E-state index contributed by atoms with van der Waals surface area (Å²) in [5, 5.41) is 11.5. The molecule has 0 amide bonds. The zero-order valence-corrected chi connectivity index (χ0v) is 10.6. The molecule has 2 rings (SSSR count). The van der Waals surface area contributed by atoms with Crippen LogP contribution in [0.25, 0.3) is 0 Å². The van der Waals surface area contributed by atoms with Crippen LogP contribution >= 0.6 is 0 Å².